The number of nitrogens with zero attached hydrogens (tertiary/aromatic N) is 1. The molecule has 1 saturated heterocycles. The molecule has 1 N–H and O–H groups in total. The van der Waals surface area contributed by atoms with Gasteiger partial charge in [-0.25, -0.2) is 4.39 Å². The fourth-order valence-electron chi connectivity index (χ4n) is 2.14. The number of hydrogen-bond acceptors (Lipinski definition) is 2. The Morgan fingerprint density at radius 2 is 2.29 bits per heavy atom. The first-order chi connectivity index (χ1) is 8.11. The summed E-state index contributed by atoms with van der Waals surface area (Å²) in [7, 11) is 0. The van der Waals surface area contributed by atoms with Gasteiger partial charge in [0.25, 0.3) is 5.91 Å². The molecule has 0 radical (unpaired) electrons. The van der Waals surface area contributed by atoms with Gasteiger partial charge in [0.05, 0.1) is 12.6 Å². The Balaban J connectivity index is 2.24. The van der Waals surface area contributed by atoms with Gasteiger partial charge in [-0.1, -0.05) is 15.9 Å². The fourth-order valence-corrected chi connectivity index (χ4v) is 2.60. The van der Waals surface area contributed by atoms with Gasteiger partial charge in [0, 0.05) is 16.6 Å². The molecule has 1 aliphatic rings. The van der Waals surface area contributed by atoms with E-state index < -0.39 is 5.82 Å². The van der Waals surface area contributed by atoms with Gasteiger partial charge in [0.1, 0.15) is 5.82 Å². The van der Waals surface area contributed by atoms with Crippen molar-refractivity contribution in [3.63, 3.8) is 0 Å². The second kappa shape index (κ2) is 5.14. The number of benzene rings is 1. The number of carbonyl (C=O) groups excluding carboxylic acids is 1. The average molecular weight is 302 g/mol. The van der Waals surface area contributed by atoms with Gasteiger partial charge in [-0.3, -0.25) is 4.79 Å². The standard InChI is InChI=1S/C12H13BrFNO2/c13-9-4-8(5-10(14)6-9)12(17)15-3-1-2-11(15)7-16/h4-6,11,16H,1-3,7H2/t11-/m1/s1. The predicted molar refractivity (Wildman–Crippen MR) is 65.2 cm³/mol. The number of aliphatic hydroxyl groups excluding tert-OH is 1. The summed E-state index contributed by atoms with van der Waals surface area (Å²) in [6, 6.07) is 3.99. The molecule has 1 aromatic rings. The lowest BCUT2D eigenvalue weighted by Gasteiger charge is -2.23. The number of aliphatic hydroxyl groups is 1. The van der Waals surface area contributed by atoms with E-state index in [1.807, 2.05) is 0 Å². The van der Waals surface area contributed by atoms with Crippen LogP contribution in [0.3, 0.4) is 0 Å². The van der Waals surface area contributed by atoms with Crippen LogP contribution in [-0.4, -0.2) is 35.1 Å². The zero-order valence-electron chi connectivity index (χ0n) is 9.20. The molecule has 0 saturated carbocycles. The van der Waals surface area contributed by atoms with Crippen molar-refractivity contribution in [2.75, 3.05) is 13.2 Å². The van der Waals surface area contributed by atoms with Crippen molar-refractivity contribution in [2.45, 2.75) is 18.9 Å². The Labute approximate surface area is 107 Å². The van der Waals surface area contributed by atoms with Gasteiger partial charge in [-0.15, -0.1) is 0 Å². The van der Waals surface area contributed by atoms with Crippen molar-refractivity contribution >= 4 is 21.8 Å². The average Bonchev–Trinajstić information content (AvgIpc) is 2.74. The first-order valence-electron chi connectivity index (χ1n) is 5.49. The van der Waals surface area contributed by atoms with Crippen LogP contribution in [0.4, 0.5) is 4.39 Å². The van der Waals surface area contributed by atoms with E-state index in [0.29, 0.717) is 16.6 Å². The van der Waals surface area contributed by atoms with Crippen molar-refractivity contribution < 1.29 is 14.3 Å². The highest BCUT2D eigenvalue weighted by atomic mass is 79.9. The molecule has 3 nitrogen and oxygen atoms in total. The largest absolute Gasteiger partial charge is 0.394 e. The van der Waals surface area contributed by atoms with Crippen molar-refractivity contribution in [1.82, 2.24) is 4.90 Å². The molecule has 0 spiro atoms. The van der Waals surface area contributed by atoms with Crippen LogP contribution < -0.4 is 0 Å². The molecule has 17 heavy (non-hydrogen) atoms. The van der Waals surface area contributed by atoms with Gasteiger partial charge in [-0.05, 0) is 31.0 Å². The van der Waals surface area contributed by atoms with Crippen molar-refractivity contribution in [2.24, 2.45) is 0 Å². The van der Waals surface area contributed by atoms with Crippen LogP contribution in [-0.2, 0) is 0 Å². The number of likely N-dealkylation sites (tertiary alicyclic amines) is 1. The normalized spacial score (nSPS) is 19.7. The molecule has 1 aliphatic heterocycles. The van der Waals surface area contributed by atoms with E-state index in [4.69, 9.17) is 5.11 Å². The van der Waals surface area contributed by atoms with Crippen LogP contribution in [0.15, 0.2) is 22.7 Å². The molecule has 1 amide bonds. The van der Waals surface area contributed by atoms with E-state index >= 15 is 0 Å². The van der Waals surface area contributed by atoms with Gasteiger partial charge in [0.15, 0.2) is 0 Å². The Morgan fingerprint density at radius 3 is 2.94 bits per heavy atom. The summed E-state index contributed by atoms with van der Waals surface area (Å²) in [5.74, 6) is -0.663. The summed E-state index contributed by atoms with van der Waals surface area (Å²) < 4.78 is 13.7. The Hall–Kier alpha value is -0.940. The van der Waals surface area contributed by atoms with Crippen LogP contribution in [0.2, 0.25) is 0 Å². The topological polar surface area (TPSA) is 40.5 Å². The summed E-state index contributed by atoms with van der Waals surface area (Å²) >= 11 is 3.16. The number of amides is 1. The Morgan fingerprint density at radius 1 is 1.53 bits per heavy atom. The van der Waals surface area contributed by atoms with Crippen LogP contribution in [0.5, 0.6) is 0 Å². The lowest BCUT2D eigenvalue weighted by atomic mass is 10.1. The maximum absolute atomic E-state index is 13.2. The van der Waals surface area contributed by atoms with Gasteiger partial charge < -0.3 is 10.0 Å². The molecular weight excluding hydrogens is 289 g/mol. The van der Waals surface area contributed by atoms with E-state index in [9.17, 15) is 9.18 Å². The highest BCUT2D eigenvalue weighted by molar-refractivity contribution is 9.10. The van der Waals surface area contributed by atoms with E-state index in [1.165, 1.54) is 12.1 Å². The molecule has 5 heteroatoms. The monoisotopic (exact) mass is 301 g/mol. The molecule has 0 aromatic heterocycles. The minimum absolute atomic E-state index is 0.0395. The fraction of sp³-hybridized carbons (Fsp3) is 0.417. The molecule has 2 rings (SSSR count). The maximum atomic E-state index is 13.2. The summed E-state index contributed by atoms with van der Waals surface area (Å²) in [5, 5.41) is 9.16. The van der Waals surface area contributed by atoms with Crippen molar-refractivity contribution in [1.29, 1.82) is 0 Å². The van der Waals surface area contributed by atoms with E-state index in [1.54, 1.807) is 11.0 Å². The number of rotatable bonds is 2. The molecule has 0 bridgehead atoms. The molecule has 0 unspecified atom stereocenters. The smallest absolute Gasteiger partial charge is 0.254 e. The number of hydrogen-bond donors (Lipinski definition) is 1. The first kappa shape index (κ1) is 12.5. The number of halogens is 2. The molecular formula is C12H13BrFNO2. The maximum Gasteiger partial charge on any atom is 0.254 e. The molecule has 1 atom stereocenters. The summed E-state index contributed by atoms with van der Waals surface area (Å²) in [4.78, 5) is 13.8. The molecule has 1 aromatic carbocycles. The van der Waals surface area contributed by atoms with E-state index in [0.717, 1.165) is 12.8 Å². The van der Waals surface area contributed by atoms with Crippen LogP contribution in [0.1, 0.15) is 23.2 Å². The van der Waals surface area contributed by atoms with E-state index in [2.05, 4.69) is 15.9 Å². The minimum atomic E-state index is -0.442. The molecule has 1 fully saturated rings. The molecule has 0 aliphatic carbocycles. The molecule has 1 heterocycles. The summed E-state index contributed by atoms with van der Waals surface area (Å²) in [6.07, 6.45) is 1.69. The lowest BCUT2D eigenvalue weighted by Crippen LogP contribution is -2.37. The van der Waals surface area contributed by atoms with Crippen molar-refractivity contribution in [3.8, 4) is 0 Å². The Bertz CT molecular complexity index is 418. The van der Waals surface area contributed by atoms with Gasteiger partial charge >= 0.3 is 0 Å². The van der Waals surface area contributed by atoms with E-state index in [-0.39, 0.29) is 18.6 Å². The number of carbonyl (C=O) groups is 1. The second-order valence-electron chi connectivity index (χ2n) is 4.14. The van der Waals surface area contributed by atoms with Crippen molar-refractivity contribution in [3.05, 3.63) is 34.1 Å². The Kier molecular flexibility index (Phi) is 3.79. The SMILES string of the molecule is O=C(c1cc(F)cc(Br)c1)N1CCC[C@@H]1CO. The zero-order valence-corrected chi connectivity index (χ0v) is 10.8. The third-order valence-corrected chi connectivity index (χ3v) is 3.42. The second-order valence-corrected chi connectivity index (χ2v) is 5.05. The van der Waals surface area contributed by atoms with Gasteiger partial charge in [0.2, 0.25) is 0 Å². The predicted octanol–water partition coefficient (Wildman–Crippen LogP) is 2.19. The zero-order chi connectivity index (χ0) is 12.4. The van der Waals surface area contributed by atoms with Crippen LogP contribution in [0, 0.1) is 5.82 Å². The summed E-state index contributed by atoms with van der Waals surface area (Å²) in [6.45, 7) is 0.584. The first-order valence-corrected chi connectivity index (χ1v) is 6.29. The summed E-state index contributed by atoms with van der Waals surface area (Å²) in [5.41, 5.74) is 0.317. The van der Waals surface area contributed by atoms with Crippen LogP contribution >= 0.6 is 15.9 Å². The third-order valence-electron chi connectivity index (χ3n) is 2.96. The minimum Gasteiger partial charge on any atom is -0.394 e. The third kappa shape index (κ3) is 2.66. The van der Waals surface area contributed by atoms with Crippen LogP contribution in [0.25, 0.3) is 0 Å². The highest BCUT2D eigenvalue weighted by Gasteiger charge is 2.28. The highest BCUT2D eigenvalue weighted by Crippen LogP contribution is 2.22. The molecule has 92 valence electrons. The van der Waals surface area contributed by atoms with Gasteiger partial charge in [-0.2, -0.15) is 0 Å². The lowest BCUT2D eigenvalue weighted by molar-refractivity contribution is 0.0677. The quantitative estimate of drug-likeness (QED) is 0.910.